The van der Waals surface area contributed by atoms with Crippen LogP contribution in [0.4, 0.5) is 0 Å². The van der Waals surface area contributed by atoms with E-state index in [2.05, 4.69) is 6.92 Å². The van der Waals surface area contributed by atoms with E-state index in [9.17, 15) is 4.79 Å². The molecule has 3 nitrogen and oxygen atoms in total. The minimum atomic E-state index is 0.545. The molecule has 0 radical (unpaired) electrons. The summed E-state index contributed by atoms with van der Waals surface area (Å²) in [5.41, 5.74) is 1.64. The fourth-order valence-electron chi connectivity index (χ4n) is 1.44. The molecule has 0 aliphatic heterocycles. The second-order valence-corrected chi connectivity index (χ2v) is 3.95. The highest BCUT2D eigenvalue weighted by molar-refractivity contribution is 5.77. The zero-order valence-corrected chi connectivity index (χ0v) is 10.6. The van der Waals surface area contributed by atoms with Crippen molar-refractivity contribution in [1.29, 1.82) is 0 Å². The molecule has 1 aromatic carbocycles. The molecule has 0 bridgehead atoms. The number of rotatable bonds is 8. The van der Waals surface area contributed by atoms with Crippen molar-refractivity contribution in [3.63, 3.8) is 0 Å². The Morgan fingerprint density at radius 1 is 1.24 bits per heavy atom. The average molecular weight is 236 g/mol. The lowest BCUT2D eigenvalue weighted by Crippen LogP contribution is -2.07. The molecule has 0 heterocycles. The molecular formula is C14H20O3. The lowest BCUT2D eigenvalue weighted by Gasteiger charge is -2.08. The first kappa shape index (κ1) is 13.7. The zero-order valence-electron chi connectivity index (χ0n) is 10.6. The molecule has 1 rings (SSSR count). The van der Waals surface area contributed by atoms with Gasteiger partial charge in [0.1, 0.15) is 18.6 Å². The normalized spacial score (nSPS) is 10.2. The first-order valence-electron chi connectivity index (χ1n) is 6.04. The monoisotopic (exact) mass is 236 g/mol. The Kier molecular flexibility index (Phi) is 6.33. The van der Waals surface area contributed by atoms with Crippen LogP contribution in [0.3, 0.4) is 0 Å². The predicted molar refractivity (Wildman–Crippen MR) is 67.8 cm³/mol. The van der Waals surface area contributed by atoms with Crippen molar-refractivity contribution in [1.82, 2.24) is 0 Å². The number of carbonyl (C=O) groups is 1. The number of hydrogen-bond donors (Lipinski definition) is 0. The molecular weight excluding hydrogens is 216 g/mol. The second kappa shape index (κ2) is 7.85. The third-order valence-corrected chi connectivity index (χ3v) is 2.51. The number of benzene rings is 1. The van der Waals surface area contributed by atoms with Crippen LogP contribution < -0.4 is 4.74 Å². The van der Waals surface area contributed by atoms with Gasteiger partial charge in [0.25, 0.3) is 0 Å². The van der Waals surface area contributed by atoms with Gasteiger partial charge in [-0.2, -0.15) is 0 Å². The summed E-state index contributed by atoms with van der Waals surface area (Å²) in [4.78, 5) is 10.6. The zero-order chi connectivity index (χ0) is 12.5. The van der Waals surface area contributed by atoms with E-state index in [-0.39, 0.29) is 0 Å². The van der Waals surface area contributed by atoms with Crippen LogP contribution in [0.15, 0.2) is 18.2 Å². The van der Waals surface area contributed by atoms with Gasteiger partial charge in [0, 0.05) is 12.2 Å². The molecule has 0 aromatic heterocycles. The van der Waals surface area contributed by atoms with Crippen molar-refractivity contribution in [3.05, 3.63) is 29.3 Å². The Hall–Kier alpha value is -1.35. The molecule has 0 fully saturated rings. The number of aldehydes is 1. The predicted octanol–water partition coefficient (Wildman–Crippen LogP) is 3.00. The molecule has 0 aliphatic rings. The van der Waals surface area contributed by atoms with Crippen LogP contribution in [0.1, 0.15) is 35.7 Å². The summed E-state index contributed by atoms with van der Waals surface area (Å²) in [6.45, 7) is 5.98. The van der Waals surface area contributed by atoms with Crippen LogP contribution in [-0.4, -0.2) is 26.1 Å². The van der Waals surface area contributed by atoms with Crippen molar-refractivity contribution in [2.75, 3.05) is 19.8 Å². The summed E-state index contributed by atoms with van der Waals surface area (Å²) in [5.74, 6) is 0.784. The van der Waals surface area contributed by atoms with Crippen LogP contribution in [0.5, 0.6) is 5.75 Å². The van der Waals surface area contributed by atoms with Crippen molar-refractivity contribution in [3.8, 4) is 5.75 Å². The van der Waals surface area contributed by atoms with Gasteiger partial charge < -0.3 is 9.47 Å². The van der Waals surface area contributed by atoms with Crippen LogP contribution in [0.25, 0.3) is 0 Å². The van der Waals surface area contributed by atoms with Crippen LogP contribution in [0.2, 0.25) is 0 Å². The van der Waals surface area contributed by atoms with E-state index < -0.39 is 0 Å². The minimum absolute atomic E-state index is 0.545. The summed E-state index contributed by atoms with van der Waals surface area (Å²) < 4.78 is 10.9. The maximum atomic E-state index is 10.6. The van der Waals surface area contributed by atoms with Crippen LogP contribution in [0, 0.1) is 6.92 Å². The third kappa shape index (κ3) is 5.00. The van der Waals surface area contributed by atoms with Crippen molar-refractivity contribution in [2.45, 2.75) is 26.7 Å². The maximum Gasteiger partial charge on any atom is 0.150 e. The van der Waals surface area contributed by atoms with Crippen molar-refractivity contribution >= 4 is 6.29 Å². The van der Waals surface area contributed by atoms with Gasteiger partial charge in [-0.15, -0.1) is 0 Å². The van der Waals surface area contributed by atoms with E-state index in [1.54, 1.807) is 6.07 Å². The Bertz CT molecular complexity index is 347. The Morgan fingerprint density at radius 2 is 2.06 bits per heavy atom. The van der Waals surface area contributed by atoms with Gasteiger partial charge in [-0.3, -0.25) is 4.79 Å². The molecule has 0 N–H and O–H groups in total. The molecule has 0 atom stereocenters. The largest absolute Gasteiger partial charge is 0.491 e. The van der Waals surface area contributed by atoms with Gasteiger partial charge in [-0.05, 0) is 37.1 Å². The van der Waals surface area contributed by atoms with Gasteiger partial charge >= 0.3 is 0 Å². The quantitative estimate of drug-likeness (QED) is 0.514. The van der Waals surface area contributed by atoms with E-state index in [4.69, 9.17) is 9.47 Å². The summed E-state index contributed by atoms with van der Waals surface area (Å²) >= 11 is 0. The molecule has 0 aliphatic carbocycles. The minimum Gasteiger partial charge on any atom is -0.491 e. The van der Waals surface area contributed by atoms with Gasteiger partial charge in [0.15, 0.2) is 0 Å². The Morgan fingerprint density at radius 3 is 2.71 bits per heavy atom. The highest BCUT2D eigenvalue weighted by atomic mass is 16.5. The van der Waals surface area contributed by atoms with Crippen LogP contribution in [-0.2, 0) is 4.74 Å². The highest BCUT2D eigenvalue weighted by Gasteiger charge is 1.99. The molecule has 0 unspecified atom stereocenters. The third-order valence-electron chi connectivity index (χ3n) is 2.51. The SMILES string of the molecule is CCCCOCCOc1ccc(C=O)c(C)c1. The van der Waals surface area contributed by atoms with E-state index >= 15 is 0 Å². The number of hydrogen-bond acceptors (Lipinski definition) is 3. The molecule has 0 amide bonds. The molecule has 0 saturated heterocycles. The van der Waals surface area contributed by atoms with Gasteiger partial charge in [0.2, 0.25) is 0 Å². The molecule has 0 saturated carbocycles. The first-order chi connectivity index (χ1) is 8.27. The van der Waals surface area contributed by atoms with E-state index in [1.165, 1.54) is 0 Å². The Balaban J connectivity index is 2.27. The van der Waals surface area contributed by atoms with Crippen LogP contribution >= 0.6 is 0 Å². The van der Waals surface area contributed by atoms with E-state index in [1.807, 2.05) is 19.1 Å². The fraction of sp³-hybridized carbons (Fsp3) is 0.500. The van der Waals surface area contributed by atoms with Gasteiger partial charge in [-0.1, -0.05) is 13.3 Å². The molecule has 0 spiro atoms. The first-order valence-corrected chi connectivity index (χ1v) is 6.04. The standard InChI is InChI=1S/C14H20O3/c1-3-4-7-16-8-9-17-14-6-5-13(11-15)12(2)10-14/h5-6,10-11H,3-4,7-9H2,1-2H3. The molecule has 1 aromatic rings. The molecule has 17 heavy (non-hydrogen) atoms. The lowest BCUT2D eigenvalue weighted by molar-refractivity contribution is 0.0980. The summed E-state index contributed by atoms with van der Waals surface area (Å²) in [6.07, 6.45) is 3.09. The summed E-state index contributed by atoms with van der Waals surface area (Å²) in [7, 11) is 0. The number of unbranched alkanes of at least 4 members (excludes halogenated alkanes) is 1. The lowest BCUT2D eigenvalue weighted by atomic mass is 10.1. The number of carbonyl (C=O) groups excluding carboxylic acids is 1. The molecule has 94 valence electrons. The highest BCUT2D eigenvalue weighted by Crippen LogP contribution is 2.15. The summed E-state index contributed by atoms with van der Waals surface area (Å²) in [6, 6.07) is 5.45. The fourth-order valence-corrected chi connectivity index (χ4v) is 1.44. The second-order valence-electron chi connectivity index (χ2n) is 3.95. The smallest absolute Gasteiger partial charge is 0.150 e. The summed E-state index contributed by atoms with van der Waals surface area (Å²) in [5, 5.41) is 0. The van der Waals surface area contributed by atoms with Crippen molar-refractivity contribution < 1.29 is 14.3 Å². The molecule has 3 heteroatoms. The number of aryl methyl sites for hydroxylation is 1. The van der Waals surface area contributed by atoms with E-state index in [0.717, 1.165) is 37.0 Å². The average Bonchev–Trinajstić information content (AvgIpc) is 2.34. The van der Waals surface area contributed by atoms with Gasteiger partial charge in [-0.25, -0.2) is 0 Å². The maximum absolute atomic E-state index is 10.6. The topological polar surface area (TPSA) is 35.5 Å². The number of ether oxygens (including phenoxy) is 2. The van der Waals surface area contributed by atoms with Crippen molar-refractivity contribution in [2.24, 2.45) is 0 Å². The van der Waals surface area contributed by atoms with E-state index in [0.29, 0.717) is 18.8 Å². The Labute approximate surface area is 103 Å². The van der Waals surface area contributed by atoms with Gasteiger partial charge in [0.05, 0.1) is 6.61 Å².